The number of benzene rings is 1. The van der Waals surface area contributed by atoms with Crippen molar-refractivity contribution in [3.05, 3.63) is 75.7 Å². The maximum Gasteiger partial charge on any atom is 0.265 e. The van der Waals surface area contributed by atoms with E-state index in [1.807, 2.05) is 0 Å². The lowest BCUT2D eigenvalue weighted by Gasteiger charge is -2.32. The lowest BCUT2D eigenvalue weighted by molar-refractivity contribution is -0.125. The molecule has 1 atom stereocenters. The Bertz CT molecular complexity index is 1340. The zero-order valence-electron chi connectivity index (χ0n) is 21.9. The summed E-state index contributed by atoms with van der Waals surface area (Å²) in [7, 11) is -2.02. The fraction of sp³-hybridized carbons (Fsp3) is 0.423. The van der Waals surface area contributed by atoms with Crippen molar-refractivity contribution >= 4 is 21.6 Å². The fourth-order valence-electron chi connectivity index (χ4n) is 4.60. The van der Waals surface area contributed by atoms with Crippen LogP contribution >= 0.6 is 0 Å². The van der Waals surface area contributed by atoms with Crippen molar-refractivity contribution in [1.82, 2.24) is 14.5 Å². The molecule has 1 aliphatic heterocycles. The molecule has 2 aliphatic rings. The average molecular weight is 557 g/mol. The summed E-state index contributed by atoms with van der Waals surface area (Å²) in [4.78, 5) is 16.1. The van der Waals surface area contributed by atoms with Crippen LogP contribution in [0.15, 0.2) is 64.3 Å². The average Bonchev–Trinajstić information content (AvgIpc) is 3.05. The third-order valence-corrected chi connectivity index (χ3v) is 7.10. The van der Waals surface area contributed by atoms with E-state index in [-0.39, 0.29) is 43.1 Å². The number of carbonyl (C=O) groups is 1. The molecule has 0 saturated carbocycles. The van der Waals surface area contributed by atoms with Gasteiger partial charge in [-0.1, -0.05) is 17.7 Å². The number of nitrogens with zero attached hydrogens (tertiary/aromatic N) is 2. The van der Waals surface area contributed by atoms with Crippen LogP contribution in [0.5, 0.6) is 0 Å². The molecule has 0 fully saturated rings. The Hall–Kier alpha value is -3.12. The molecule has 1 aliphatic carbocycles. The molecular formula is C26H32F4N4O3S. The summed E-state index contributed by atoms with van der Waals surface area (Å²) in [6, 6.07) is 2.34. The third kappa shape index (κ3) is 6.65. The molecule has 12 heteroatoms. The van der Waals surface area contributed by atoms with E-state index in [4.69, 9.17) is 0 Å². The van der Waals surface area contributed by atoms with Gasteiger partial charge in [0.25, 0.3) is 12.3 Å². The first-order chi connectivity index (χ1) is 17.7. The highest BCUT2D eigenvalue weighted by atomic mass is 32.2. The molecule has 2 N–H and O–H groups in total. The van der Waals surface area contributed by atoms with Crippen LogP contribution in [-0.4, -0.2) is 63.1 Å². The topological polar surface area (TPSA) is 81.8 Å². The van der Waals surface area contributed by atoms with Crippen molar-refractivity contribution < 1.29 is 30.8 Å². The molecule has 0 saturated heterocycles. The van der Waals surface area contributed by atoms with Gasteiger partial charge in [-0.15, -0.1) is 0 Å². The van der Waals surface area contributed by atoms with Crippen molar-refractivity contribution in [2.75, 3.05) is 38.3 Å². The van der Waals surface area contributed by atoms with Gasteiger partial charge in [0.05, 0.1) is 6.26 Å². The summed E-state index contributed by atoms with van der Waals surface area (Å²) < 4.78 is 82.6. The fourth-order valence-corrected chi connectivity index (χ4v) is 5.06. The number of amides is 1. The molecule has 1 aromatic carbocycles. The van der Waals surface area contributed by atoms with Crippen LogP contribution in [0.2, 0.25) is 0 Å². The van der Waals surface area contributed by atoms with Gasteiger partial charge < -0.3 is 10.2 Å². The SMILES string of the molecule is CCN(CCNS(C)(=O)=O)C1=C(F)C2=C([C@@H](C)Nc3ccc(F)cc3C(F)F)C=C(C)C=C(C2)C(=O)N1C. The minimum atomic E-state index is -3.47. The Morgan fingerprint density at radius 2 is 1.87 bits per heavy atom. The van der Waals surface area contributed by atoms with Gasteiger partial charge >= 0.3 is 0 Å². The maximum atomic E-state index is 16.4. The second kappa shape index (κ2) is 11.7. The third-order valence-electron chi connectivity index (χ3n) is 6.37. The molecule has 0 unspecified atom stereocenters. The minimum absolute atomic E-state index is 0.00196. The van der Waals surface area contributed by atoms with Crippen LogP contribution in [0.1, 0.15) is 39.2 Å². The van der Waals surface area contributed by atoms with E-state index in [2.05, 4.69) is 10.0 Å². The molecule has 2 bridgehead atoms. The number of carbonyl (C=O) groups excluding carboxylic acids is 1. The summed E-state index contributed by atoms with van der Waals surface area (Å²) in [5.74, 6) is -1.89. The summed E-state index contributed by atoms with van der Waals surface area (Å²) in [6.07, 6.45) is 1.42. The van der Waals surface area contributed by atoms with Crippen LogP contribution in [0.3, 0.4) is 0 Å². The van der Waals surface area contributed by atoms with Crippen LogP contribution in [0.25, 0.3) is 0 Å². The monoisotopic (exact) mass is 556 g/mol. The quantitative estimate of drug-likeness (QED) is 0.411. The number of hydrogen-bond donors (Lipinski definition) is 2. The Labute approximate surface area is 220 Å². The predicted molar refractivity (Wildman–Crippen MR) is 139 cm³/mol. The minimum Gasteiger partial charge on any atom is -0.378 e. The summed E-state index contributed by atoms with van der Waals surface area (Å²) in [5, 5.41) is 2.96. The van der Waals surface area contributed by atoms with E-state index in [1.165, 1.54) is 18.0 Å². The van der Waals surface area contributed by atoms with Gasteiger partial charge in [-0.25, -0.2) is 30.7 Å². The highest BCUT2D eigenvalue weighted by Gasteiger charge is 2.34. The molecule has 3 rings (SSSR count). The van der Waals surface area contributed by atoms with Gasteiger partial charge in [0.2, 0.25) is 10.0 Å². The first-order valence-electron chi connectivity index (χ1n) is 12.1. The molecule has 1 aromatic rings. The van der Waals surface area contributed by atoms with Gasteiger partial charge in [-0.2, -0.15) is 0 Å². The maximum absolute atomic E-state index is 16.4. The van der Waals surface area contributed by atoms with Gasteiger partial charge in [-0.05, 0) is 44.5 Å². The van der Waals surface area contributed by atoms with Gasteiger partial charge in [0, 0.05) is 61.5 Å². The molecule has 0 spiro atoms. The van der Waals surface area contributed by atoms with Gasteiger partial charge in [-0.3, -0.25) is 9.69 Å². The zero-order valence-corrected chi connectivity index (χ0v) is 22.7. The zero-order chi connectivity index (χ0) is 28.4. The molecular weight excluding hydrogens is 524 g/mol. The van der Waals surface area contributed by atoms with Crippen molar-refractivity contribution in [3.63, 3.8) is 0 Å². The van der Waals surface area contributed by atoms with E-state index in [9.17, 15) is 26.4 Å². The first-order valence-corrected chi connectivity index (χ1v) is 14.0. The standard InChI is InChI=1S/C26H32F4N4O3S/c1-6-34(10-9-31-38(5,36)37)25-23(28)20-13-17(26(35)33(25)4)11-15(2)12-19(20)16(3)32-22-8-7-18(27)14-21(22)24(29)30/h7-8,11-12,14,16,24,31-32H,6,9-10,13H2,1-5H3/t16-/m1/s1. The highest BCUT2D eigenvalue weighted by molar-refractivity contribution is 7.88. The van der Waals surface area contributed by atoms with Crippen LogP contribution in [0.4, 0.5) is 23.2 Å². The Morgan fingerprint density at radius 3 is 2.47 bits per heavy atom. The van der Waals surface area contributed by atoms with Crippen molar-refractivity contribution in [2.45, 2.75) is 39.7 Å². The largest absolute Gasteiger partial charge is 0.378 e. The lowest BCUT2D eigenvalue weighted by atomic mass is 9.96. The molecule has 0 radical (unpaired) electrons. The number of allylic oxidation sites excluding steroid dienone is 4. The van der Waals surface area contributed by atoms with Crippen molar-refractivity contribution in [2.24, 2.45) is 0 Å². The lowest BCUT2D eigenvalue weighted by Crippen LogP contribution is -2.41. The number of halogens is 4. The number of alkyl halides is 2. The van der Waals surface area contributed by atoms with Crippen molar-refractivity contribution in [3.8, 4) is 0 Å². The number of nitrogens with one attached hydrogen (secondary N) is 2. The van der Waals surface area contributed by atoms with Crippen LogP contribution < -0.4 is 10.0 Å². The Morgan fingerprint density at radius 1 is 1.18 bits per heavy atom. The molecule has 208 valence electrons. The number of hydrogen-bond acceptors (Lipinski definition) is 5. The van der Waals surface area contributed by atoms with Crippen molar-refractivity contribution in [1.29, 1.82) is 0 Å². The molecule has 38 heavy (non-hydrogen) atoms. The van der Waals surface area contributed by atoms with Gasteiger partial charge in [0.15, 0.2) is 5.83 Å². The second-order valence-electron chi connectivity index (χ2n) is 9.31. The van der Waals surface area contributed by atoms with Gasteiger partial charge in [0.1, 0.15) is 11.6 Å². The molecule has 1 heterocycles. The predicted octanol–water partition coefficient (Wildman–Crippen LogP) is 4.62. The Balaban J connectivity index is 2.11. The molecule has 7 nitrogen and oxygen atoms in total. The number of anilines is 1. The molecule has 0 aromatic heterocycles. The normalized spacial score (nSPS) is 17.3. The number of likely N-dealkylation sites (N-methyl/N-ethyl adjacent to an activating group) is 2. The Kier molecular flexibility index (Phi) is 9.09. The number of rotatable bonds is 10. The van der Waals surface area contributed by atoms with E-state index in [1.54, 1.807) is 37.8 Å². The summed E-state index contributed by atoms with van der Waals surface area (Å²) in [6.45, 7) is 5.56. The van der Waals surface area contributed by atoms with E-state index in [0.29, 0.717) is 16.7 Å². The first kappa shape index (κ1) is 29.4. The van der Waals surface area contributed by atoms with Crippen LogP contribution in [0, 0.1) is 5.82 Å². The van der Waals surface area contributed by atoms with E-state index < -0.39 is 45.6 Å². The second-order valence-corrected chi connectivity index (χ2v) is 11.1. The van der Waals surface area contributed by atoms with Crippen LogP contribution in [-0.2, 0) is 14.8 Å². The number of fused-ring (bicyclic) bond motifs is 2. The molecule has 1 amide bonds. The number of sulfonamides is 1. The van der Waals surface area contributed by atoms with E-state index in [0.717, 1.165) is 18.4 Å². The summed E-state index contributed by atoms with van der Waals surface area (Å²) in [5.41, 5.74) is 1.17. The van der Waals surface area contributed by atoms with E-state index >= 15 is 4.39 Å². The summed E-state index contributed by atoms with van der Waals surface area (Å²) >= 11 is 0. The highest BCUT2D eigenvalue weighted by Crippen LogP contribution is 2.38. The smallest absolute Gasteiger partial charge is 0.265 e.